The highest BCUT2D eigenvalue weighted by Crippen LogP contribution is 2.31. The van der Waals surface area contributed by atoms with Crippen molar-refractivity contribution in [2.24, 2.45) is 5.10 Å². The molecule has 3 heteroatoms. The fourth-order valence-electron chi connectivity index (χ4n) is 2.96. The van der Waals surface area contributed by atoms with Gasteiger partial charge in [0.15, 0.2) is 0 Å². The van der Waals surface area contributed by atoms with Gasteiger partial charge in [0, 0.05) is 0 Å². The Bertz CT molecular complexity index is 650. The Morgan fingerprint density at radius 3 is 2.59 bits per heavy atom. The second-order valence-electron chi connectivity index (χ2n) is 5.49. The average molecular weight is 294 g/mol. The van der Waals surface area contributed by atoms with Crippen molar-refractivity contribution >= 4 is 11.9 Å². The molecule has 0 unspecified atom stereocenters. The summed E-state index contributed by atoms with van der Waals surface area (Å²) in [7, 11) is 0. The predicted octanol–water partition coefficient (Wildman–Crippen LogP) is 4.41. The van der Waals surface area contributed by atoms with Crippen LogP contribution in [0.15, 0.2) is 47.6 Å². The van der Waals surface area contributed by atoms with E-state index in [2.05, 4.69) is 22.7 Å². The molecular weight excluding hydrogens is 272 g/mol. The van der Waals surface area contributed by atoms with Crippen LogP contribution in [0.25, 0.3) is 0 Å². The van der Waals surface area contributed by atoms with Crippen molar-refractivity contribution in [3.05, 3.63) is 59.2 Å². The summed E-state index contributed by atoms with van der Waals surface area (Å²) in [6.07, 6.45) is 6.64. The molecular formula is C19H22N2O. The van der Waals surface area contributed by atoms with Crippen molar-refractivity contribution in [3.8, 4) is 5.75 Å². The van der Waals surface area contributed by atoms with E-state index in [1.54, 1.807) is 0 Å². The SMILES string of the molecule is CCOc1ccc(C=NNc2ccccc2)c2c1CCCC2. The van der Waals surface area contributed by atoms with Crippen molar-refractivity contribution < 1.29 is 4.74 Å². The fourth-order valence-corrected chi connectivity index (χ4v) is 2.96. The van der Waals surface area contributed by atoms with E-state index in [1.165, 1.54) is 29.5 Å². The summed E-state index contributed by atoms with van der Waals surface area (Å²) in [5, 5.41) is 4.38. The van der Waals surface area contributed by atoms with Crippen LogP contribution in [-0.2, 0) is 12.8 Å². The van der Waals surface area contributed by atoms with Gasteiger partial charge < -0.3 is 4.74 Å². The number of hydrogen-bond acceptors (Lipinski definition) is 3. The van der Waals surface area contributed by atoms with E-state index in [0.29, 0.717) is 0 Å². The highest BCUT2D eigenvalue weighted by molar-refractivity contribution is 5.83. The standard InChI is InChI=1S/C19H22N2O/c1-2-22-19-13-12-15(17-10-6-7-11-18(17)19)14-20-21-16-8-4-3-5-9-16/h3-5,8-9,12-14,21H,2,6-7,10-11H2,1H3. The van der Waals surface area contributed by atoms with Crippen LogP contribution in [-0.4, -0.2) is 12.8 Å². The van der Waals surface area contributed by atoms with Crippen LogP contribution in [0.3, 0.4) is 0 Å². The third kappa shape index (κ3) is 3.30. The molecule has 0 spiro atoms. The lowest BCUT2D eigenvalue weighted by Gasteiger charge is -2.21. The normalized spacial score (nSPS) is 13.9. The fraction of sp³-hybridized carbons (Fsp3) is 0.316. The molecule has 0 bridgehead atoms. The molecule has 0 saturated heterocycles. The Labute approximate surface area is 132 Å². The maximum absolute atomic E-state index is 5.77. The predicted molar refractivity (Wildman–Crippen MR) is 91.9 cm³/mol. The highest BCUT2D eigenvalue weighted by atomic mass is 16.5. The first-order valence-electron chi connectivity index (χ1n) is 8.00. The van der Waals surface area contributed by atoms with Gasteiger partial charge in [0.1, 0.15) is 5.75 Å². The number of nitrogens with one attached hydrogen (secondary N) is 1. The topological polar surface area (TPSA) is 33.6 Å². The molecule has 0 fully saturated rings. The van der Waals surface area contributed by atoms with E-state index < -0.39 is 0 Å². The van der Waals surface area contributed by atoms with Crippen LogP contribution in [0, 0.1) is 0 Å². The van der Waals surface area contributed by atoms with Gasteiger partial charge in [-0.1, -0.05) is 18.2 Å². The molecule has 0 atom stereocenters. The van der Waals surface area contributed by atoms with E-state index in [9.17, 15) is 0 Å². The van der Waals surface area contributed by atoms with E-state index >= 15 is 0 Å². The van der Waals surface area contributed by atoms with Gasteiger partial charge in [0.05, 0.1) is 18.5 Å². The second kappa shape index (κ2) is 7.12. The van der Waals surface area contributed by atoms with Crippen LogP contribution in [0.1, 0.15) is 36.5 Å². The number of anilines is 1. The number of hydrogen-bond donors (Lipinski definition) is 1. The van der Waals surface area contributed by atoms with Crippen molar-refractivity contribution in [2.45, 2.75) is 32.6 Å². The molecule has 0 radical (unpaired) electrons. The van der Waals surface area contributed by atoms with Gasteiger partial charge in [-0.2, -0.15) is 5.10 Å². The number of fused-ring (bicyclic) bond motifs is 1. The van der Waals surface area contributed by atoms with Crippen molar-refractivity contribution in [1.29, 1.82) is 0 Å². The summed E-state index contributed by atoms with van der Waals surface area (Å²) < 4.78 is 5.77. The van der Waals surface area contributed by atoms with Crippen molar-refractivity contribution in [2.75, 3.05) is 12.0 Å². The minimum absolute atomic E-state index is 0.718. The minimum Gasteiger partial charge on any atom is -0.494 e. The molecule has 3 nitrogen and oxygen atoms in total. The Kier molecular flexibility index (Phi) is 4.74. The van der Waals surface area contributed by atoms with Crippen LogP contribution in [0.4, 0.5) is 5.69 Å². The van der Waals surface area contributed by atoms with Crippen molar-refractivity contribution in [1.82, 2.24) is 0 Å². The molecule has 114 valence electrons. The first kappa shape index (κ1) is 14.6. The Morgan fingerprint density at radius 1 is 1.05 bits per heavy atom. The van der Waals surface area contributed by atoms with E-state index in [1.807, 2.05) is 43.5 Å². The lowest BCUT2D eigenvalue weighted by Crippen LogP contribution is -2.09. The lowest BCUT2D eigenvalue weighted by atomic mass is 9.88. The Hall–Kier alpha value is -2.29. The number of rotatable bonds is 5. The average Bonchev–Trinajstić information content (AvgIpc) is 2.58. The zero-order valence-electron chi connectivity index (χ0n) is 13.0. The molecule has 2 aromatic rings. The van der Waals surface area contributed by atoms with Crippen LogP contribution < -0.4 is 10.2 Å². The molecule has 0 saturated carbocycles. The number of ether oxygens (including phenoxy) is 1. The first-order valence-corrected chi connectivity index (χ1v) is 8.00. The quantitative estimate of drug-likeness (QED) is 0.654. The highest BCUT2D eigenvalue weighted by Gasteiger charge is 2.16. The minimum atomic E-state index is 0.718. The zero-order chi connectivity index (χ0) is 15.2. The number of benzene rings is 2. The van der Waals surface area contributed by atoms with Gasteiger partial charge in [0.25, 0.3) is 0 Å². The summed E-state index contributed by atoms with van der Waals surface area (Å²) in [6.45, 7) is 2.75. The largest absolute Gasteiger partial charge is 0.494 e. The molecule has 1 aliphatic rings. The second-order valence-corrected chi connectivity index (χ2v) is 5.49. The van der Waals surface area contributed by atoms with Gasteiger partial charge in [-0.3, -0.25) is 5.43 Å². The Morgan fingerprint density at radius 2 is 1.82 bits per heavy atom. The molecule has 0 heterocycles. The maximum atomic E-state index is 5.77. The van der Waals surface area contributed by atoms with Gasteiger partial charge >= 0.3 is 0 Å². The molecule has 22 heavy (non-hydrogen) atoms. The maximum Gasteiger partial charge on any atom is 0.122 e. The molecule has 3 rings (SSSR count). The van der Waals surface area contributed by atoms with Crippen LogP contribution in [0.5, 0.6) is 5.75 Å². The third-order valence-corrected chi connectivity index (χ3v) is 4.00. The van der Waals surface area contributed by atoms with E-state index in [0.717, 1.165) is 30.9 Å². The smallest absolute Gasteiger partial charge is 0.122 e. The summed E-state index contributed by atoms with van der Waals surface area (Å²) in [5.74, 6) is 1.05. The lowest BCUT2D eigenvalue weighted by molar-refractivity contribution is 0.334. The Balaban J connectivity index is 1.81. The van der Waals surface area contributed by atoms with E-state index in [4.69, 9.17) is 4.74 Å². The van der Waals surface area contributed by atoms with Crippen LogP contribution in [0.2, 0.25) is 0 Å². The molecule has 0 aliphatic heterocycles. The zero-order valence-corrected chi connectivity index (χ0v) is 13.0. The number of para-hydroxylation sites is 1. The summed E-state index contributed by atoms with van der Waals surface area (Å²) in [5.41, 5.74) is 8.04. The molecule has 0 amide bonds. The number of hydrazone groups is 1. The van der Waals surface area contributed by atoms with Gasteiger partial charge in [0.2, 0.25) is 0 Å². The van der Waals surface area contributed by atoms with Gasteiger partial charge in [-0.15, -0.1) is 0 Å². The molecule has 1 aliphatic carbocycles. The summed E-state index contributed by atoms with van der Waals surface area (Å²) >= 11 is 0. The van der Waals surface area contributed by atoms with Gasteiger partial charge in [-0.25, -0.2) is 0 Å². The number of nitrogens with zero attached hydrogens (tertiary/aromatic N) is 1. The van der Waals surface area contributed by atoms with E-state index in [-0.39, 0.29) is 0 Å². The summed E-state index contributed by atoms with van der Waals surface area (Å²) in [4.78, 5) is 0. The van der Waals surface area contributed by atoms with Gasteiger partial charge in [-0.05, 0) is 73.6 Å². The molecule has 1 N–H and O–H groups in total. The third-order valence-electron chi connectivity index (χ3n) is 4.00. The first-order chi connectivity index (χ1) is 10.9. The van der Waals surface area contributed by atoms with Crippen LogP contribution >= 0.6 is 0 Å². The molecule has 2 aromatic carbocycles. The summed E-state index contributed by atoms with van der Waals surface area (Å²) in [6, 6.07) is 14.2. The molecule has 0 aromatic heterocycles. The monoisotopic (exact) mass is 294 g/mol. The van der Waals surface area contributed by atoms with Crippen molar-refractivity contribution in [3.63, 3.8) is 0 Å².